The zero-order valence-corrected chi connectivity index (χ0v) is 23.1. The van der Waals surface area contributed by atoms with Gasteiger partial charge in [0.1, 0.15) is 36.4 Å². The number of para-hydroxylation sites is 1. The van der Waals surface area contributed by atoms with E-state index in [1.165, 1.54) is 0 Å². The number of nitrogens with one attached hydrogen (secondary N) is 1. The van der Waals surface area contributed by atoms with Crippen LogP contribution in [0.5, 0.6) is 11.5 Å². The number of fused-ring (bicyclic) bond motifs is 1. The van der Waals surface area contributed by atoms with Gasteiger partial charge < -0.3 is 14.8 Å². The summed E-state index contributed by atoms with van der Waals surface area (Å²) in [6, 6.07) is 38.6. The molecule has 5 aromatic carbocycles. The highest BCUT2D eigenvalue weighted by atomic mass is 79.9. The molecule has 5 aromatic rings. The Morgan fingerprint density at radius 3 is 2.33 bits per heavy atom. The molecule has 0 aliphatic carbocycles. The van der Waals surface area contributed by atoms with E-state index in [2.05, 4.69) is 39.4 Å². The van der Waals surface area contributed by atoms with Gasteiger partial charge in [-0.3, -0.25) is 4.79 Å². The van der Waals surface area contributed by atoms with Crippen molar-refractivity contribution < 1.29 is 14.3 Å². The third-order valence-corrected chi connectivity index (χ3v) is 6.81. The predicted molar refractivity (Wildman–Crippen MR) is 162 cm³/mol. The van der Waals surface area contributed by atoms with Crippen molar-refractivity contribution in [2.75, 3.05) is 5.32 Å². The van der Waals surface area contributed by atoms with E-state index in [0.717, 1.165) is 26.4 Å². The van der Waals surface area contributed by atoms with Crippen molar-refractivity contribution in [2.45, 2.75) is 13.2 Å². The van der Waals surface area contributed by atoms with Crippen molar-refractivity contribution in [2.24, 2.45) is 0 Å². The summed E-state index contributed by atoms with van der Waals surface area (Å²) < 4.78 is 13.0. The molecule has 40 heavy (non-hydrogen) atoms. The second-order valence-electron chi connectivity index (χ2n) is 9.03. The number of ether oxygens (including phenoxy) is 2. The molecule has 0 aliphatic heterocycles. The van der Waals surface area contributed by atoms with Crippen LogP contribution in [0, 0.1) is 11.3 Å². The number of anilines is 1. The number of carbonyl (C=O) groups is 1. The van der Waals surface area contributed by atoms with Crippen LogP contribution in [0.1, 0.15) is 16.7 Å². The minimum atomic E-state index is -0.505. The Morgan fingerprint density at radius 1 is 0.800 bits per heavy atom. The standard InChI is InChI=1S/C34H25BrN2O3/c35-29-14-12-24(13-15-29)22-39-31-18-16-30(17-19-31)37-34(38)28(21-36)20-26-7-2-4-11-33(26)40-23-27-9-5-8-25-6-1-3-10-32(25)27/h1-20H,22-23H2,(H,37,38)/b28-20+. The van der Waals surface area contributed by atoms with Crippen LogP contribution in [0.4, 0.5) is 5.69 Å². The number of amides is 1. The van der Waals surface area contributed by atoms with Gasteiger partial charge in [-0.25, -0.2) is 0 Å². The van der Waals surface area contributed by atoms with Crippen LogP contribution in [-0.4, -0.2) is 5.91 Å². The van der Waals surface area contributed by atoms with Crippen molar-refractivity contribution in [3.05, 3.63) is 142 Å². The van der Waals surface area contributed by atoms with E-state index in [1.807, 2.05) is 78.9 Å². The molecule has 5 rings (SSSR count). The summed E-state index contributed by atoms with van der Waals surface area (Å²) in [6.45, 7) is 0.790. The van der Waals surface area contributed by atoms with Crippen molar-refractivity contribution in [3.8, 4) is 17.6 Å². The number of hydrogen-bond donors (Lipinski definition) is 1. The molecule has 0 bridgehead atoms. The molecule has 0 saturated heterocycles. The van der Waals surface area contributed by atoms with Crippen LogP contribution in [-0.2, 0) is 18.0 Å². The highest BCUT2D eigenvalue weighted by molar-refractivity contribution is 9.10. The van der Waals surface area contributed by atoms with Crippen LogP contribution in [0.15, 0.2) is 125 Å². The van der Waals surface area contributed by atoms with Crippen LogP contribution < -0.4 is 14.8 Å². The molecule has 0 aromatic heterocycles. The monoisotopic (exact) mass is 588 g/mol. The highest BCUT2D eigenvalue weighted by Crippen LogP contribution is 2.25. The zero-order valence-electron chi connectivity index (χ0n) is 21.5. The second kappa shape index (κ2) is 12.8. The van der Waals surface area contributed by atoms with E-state index in [1.54, 1.807) is 30.3 Å². The molecule has 1 amide bonds. The Labute approximate surface area is 241 Å². The molecule has 6 heteroatoms. The number of nitriles is 1. The van der Waals surface area contributed by atoms with Crippen LogP contribution >= 0.6 is 15.9 Å². The average molecular weight is 589 g/mol. The average Bonchev–Trinajstić information content (AvgIpc) is 2.99. The Kier molecular flexibility index (Phi) is 8.55. The number of rotatable bonds is 9. The zero-order chi connectivity index (χ0) is 27.7. The lowest BCUT2D eigenvalue weighted by Gasteiger charge is -2.12. The number of halogens is 1. The number of nitrogens with zero attached hydrogens (tertiary/aromatic N) is 1. The Bertz CT molecular complexity index is 1700. The van der Waals surface area contributed by atoms with Crippen LogP contribution in [0.2, 0.25) is 0 Å². The molecule has 0 unspecified atom stereocenters. The second-order valence-corrected chi connectivity index (χ2v) is 9.94. The van der Waals surface area contributed by atoms with E-state index in [0.29, 0.717) is 36.0 Å². The Balaban J connectivity index is 1.24. The van der Waals surface area contributed by atoms with Gasteiger partial charge in [0.25, 0.3) is 5.91 Å². The first kappa shape index (κ1) is 26.7. The number of benzene rings is 5. The highest BCUT2D eigenvalue weighted by Gasteiger charge is 2.12. The SMILES string of the molecule is N#C/C(=C\c1ccccc1OCc1cccc2ccccc12)C(=O)Nc1ccc(OCc2ccc(Br)cc2)cc1. The summed E-state index contributed by atoms with van der Waals surface area (Å²) in [5.74, 6) is 0.757. The normalized spacial score (nSPS) is 11.1. The Morgan fingerprint density at radius 2 is 1.52 bits per heavy atom. The molecule has 5 nitrogen and oxygen atoms in total. The third-order valence-electron chi connectivity index (χ3n) is 6.28. The van der Waals surface area contributed by atoms with Gasteiger partial charge in [-0.05, 0) is 70.4 Å². The molecular formula is C34H25BrN2O3. The van der Waals surface area contributed by atoms with E-state index in [4.69, 9.17) is 9.47 Å². The molecule has 0 heterocycles. The molecule has 0 atom stereocenters. The summed E-state index contributed by atoms with van der Waals surface area (Å²) in [5, 5.41) is 14.8. The van der Waals surface area contributed by atoms with Gasteiger partial charge in [-0.15, -0.1) is 0 Å². The fraction of sp³-hybridized carbons (Fsp3) is 0.0588. The molecule has 0 radical (unpaired) electrons. The smallest absolute Gasteiger partial charge is 0.266 e. The van der Waals surface area contributed by atoms with Crippen molar-refractivity contribution >= 4 is 44.4 Å². The molecule has 196 valence electrons. The lowest BCUT2D eigenvalue weighted by molar-refractivity contribution is -0.112. The minimum absolute atomic E-state index is 0.0308. The molecule has 0 aliphatic rings. The molecule has 0 saturated carbocycles. The fourth-order valence-corrected chi connectivity index (χ4v) is 4.45. The molecule has 0 spiro atoms. The van der Waals surface area contributed by atoms with E-state index in [-0.39, 0.29) is 5.57 Å². The first-order valence-electron chi connectivity index (χ1n) is 12.7. The van der Waals surface area contributed by atoms with Gasteiger partial charge in [0, 0.05) is 15.7 Å². The van der Waals surface area contributed by atoms with Gasteiger partial charge in [-0.1, -0.05) is 88.7 Å². The quantitative estimate of drug-likeness (QED) is 0.139. The summed E-state index contributed by atoms with van der Waals surface area (Å²) in [4.78, 5) is 12.9. The first-order chi connectivity index (χ1) is 19.6. The molecular weight excluding hydrogens is 564 g/mol. The van der Waals surface area contributed by atoms with Gasteiger partial charge in [0.15, 0.2) is 0 Å². The van der Waals surface area contributed by atoms with E-state index >= 15 is 0 Å². The van der Waals surface area contributed by atoms with Gasteiger partial charge in [-0.2, -0.15) is 5.26 Å². The van der Waals surface area contributed by atoms with Gasteiger partial charge >= 0.3 is 0 Å². The van der Waals surface area contributed by atoms with Crippen molar-refractivity contribution in [3.63, 3.8) is 0 Å². The summed E-state index contributed by atoms with van der Waals surface area (Å²) >= 11 is 3.42. The first-order valence-corrected chi connectivity index (χ1v) is 13.5. The predicted octanol–water partition coefficient (Wildman–Crippen LogP) is 8.31. The van der Waals surface area contributed by atoms with Gasteiger partial charge in [0.2, 0.25) is 0 Å². The minimum Gasteiger partial charge on any atom is -0.489 e. The van der Waals surface area contributed by atoms with E-state index < -0.39 is 5.91 Å². The topological polar surface area (TPSA) is 71.3 Å². The maximum Gasteiger partial charge on any atom is 0.266 e. The van der Waals surface area contributed by atoms with Crippen LogP contribution in [0.3, 0.4) is 0 Å². The lowest BCUT2D eigenvalue weighted by Crippen LogP contribution is -2.13. The maximum absolute atomic E-state index is 12.9. The van der Waals surface area contributed by atoms with Crippen LogP contribution in [0.25, 0.3) is 16.8 Å². The summed E-state index contributed by atoms with van der Waals surface area (Å²) in [5.41, 5.74) is 3.27. The van der Waals surface area contributed by atoms with E-state index in [9.17, 15) is 10.1 Å². The summed E-state index contributed by atoms with van der Waals surface area (Å²) in [7, 11) is 0. The fourth-order valence-electron chi connectivity index (χ4n) is 4.19. The molecule has 0 fully saturated rings. The number of hydrogen-bond acceptors (Lipinski definition) is 4. The van der Waals surface area contributed by atoms with Crippen molar-refractivity contribution in [1.82, 2.24) is 0 Å². The number of carbonyl (C=O) groups excluding carboxylic acids is 1. The Hall–Kier alpha value is -4.86. The lowest BCUT2D eigenvalue weighted by atomic mass is 10.1. The molecule has 1 N–H and O–H groups in total. The maximum atomic E-state index is 12.9. The van der Waals surface area contributed by atoms with Gasteiger partial charge in [0.05, 0.1) is 0 Å². The largest absolute Gasteiger partial charge is 0.489 e. The summed E-state index contributed by atoms with van der Waals surface area (Å²) in [6.07, 6.45) is 1.55. The van der Waals surface area contributed by atoms with Crippen molar-refractivity contribution in [1.29, 1.82) is 5.26 Å². The third kappa shape index (κ3) is 6.76.